The number of ether oxygens (including phenoxy) is 2. The summed E-state index contributed by atoms with van der Waals surface area (Å²) in [6, 6.07) is 6.19. The first kappa shape index (κ1) is 18.1. The Morgan fingerprint density at radius 3 is 2.71 bits per heavy atom. The first-order chi connectivity index (χ1) is 11.3. The van der Waals surface area contributed by atoms with Crippen LogP contribution in [0.3, 0.4) is 0 Å². The number of methoxy groups -OCH3 is 1. The van der Waals surface area contributed by atoms with Crippen molar-refractivity contribution in [3.63, 3.8) is 0 Å². The minimum Gasteiger partial charge on any atom is -0.481 e. The van der Waals surface area contributed by atoms with Gasteiger partial charge in [-0.1, -0.05) is 25.7 Å². The molecule has 0 radical (unpaired) electrons. The van der Waals surface area contributed by atoms with Crippen LogP contribution in [0.1, 0.15) is 10.4 Å². The summed E-state index contributed by atoms with van der Waals surface area (Å²) in [4.78, 5) is 15.7. The maximum Gasteiger partial charge on any atom is 0.339 e. The number of hydrogen-bond donors (Lipinski definition) is 1. The van der Waals surface area contributed by atoms with Gasteiger partial charge in [0.05, 0.1) is 12.8 Å². The SMILES string of the molecule is COc1cccc(-c2nn(COCC[Si](C)(C)C)cc2C(=O)O)n1. The van der Waals surface area contributed by atoms with Gasteiger partial charge in [0.1, 0.15) is 18.0 Å². The van der Waals surface area contributed by atoms with Crippen molar-refractivity contribution in [2.45, 2.75) is 32.4 Å². The molecule has 0 amide bonds. The van der Waals surface area contributed by atoms with Crippen LogP contribution < -0.4 is 4.74 Å². The lowest BCUT2D eigenvalue weighted by atomic mass is 10.2. The van der Waals surface area contributed by atoms with Crippen LogP contribution in [0, 0.1) is 0 Å². The van der Waals surface area contributed by atoms with Gasteiger partial charge in [-0.2, -0.15) is 5.10 Å². The van der Waals surface area contributed by atoms with Gasteiger partial charge in [-0.05, 0) is 12.1 Å². The van der Waals surface area contributed by atoms with E-state index in [1.54, 1.807) is 18.2 Å². The van der Waals surface area contributed by atoms with E-state index in [0.29, 0.717) is 23.9 Å². The molecule has 0 saturated carbocycles. The van der Waals surface area contributed by atoms with Gasteiger partial charge in [-0.25, -0.2) is 14.5 Å². The lowest BCUT2D eigenvalue weighted by Gasteiger charge is -2.15. The third-order valence-corrected chi connectivity index (χ3v) is 5.09. The zero-order valence-corrected chi connectivity index (χ0v) is 15.4. The summed E-state index contributed by atoms with van der Waals surface area (Å²) >= 11 is 0. The molecule has 0 aliphatic carbocycles. The van der Waals surface area contributed by atoms with Crippen molar-refractivity contribution in [1.82, 2.24) is 14.8 Å². The van der Waals surface area contributed by atoms with Gasteiger partial charge in [0.2, 0.25) is 5.88 Å². The molecule has 0 saturated heterocycles. The van der Waals surface area contributed by atoms with Crippen molar-refractivity contribution >= 4 is 14.0 Å². The molecule has 24 heavy (non-hydrogen) atoms. The van der Waals surface area contributed by atoms with E-state index in [2.05, 4.69) is 29.7 Å². The molecule has 8 heteroatoms. The van der Waals surface area contributed by atoms with E-state index in [1.165, 1.54) is 18.0 Å². The highest BCUT2D eigenvalue weighted by Gasteiger charge is 2.19. The van der Waals surface area contributed by atoms with Gasteiger partial charge < -0.3 is 14.6 Å². The summed E-state index contributed by atoms with van der Waals surface area (Å²) in [6.45, 7) is 7.69. The number of carbonyl (C=O) groups is 1. The molecule has 2 heterocycles. The van der Waals surface area contributed by atoms with Gasteiger partial charge in [-0.3, -0.25) is 0 Å². The maximum absolute atomic E-state index is 11.5. The summed E-state index contributed by atoms with van der Waals surface area (Å²) < 4.78 is 12.2. The van der Waals surface area contributed by atoms with Crippen LogP contribution in [0.4, 0.5) is 0 Å². The standard InChI is InChI=1S/C16H23N3O4Si/c1-22-14-7-5-6-13(17-14)15-12(16(20)21)10-19(18-15)11-23-8-9-24(2,3)4/h5-7,10H,8-9,11H2,1-4H3,(H,20,21). The third-order valence-electron chi connectivity index (χ3n) is 3.39. The summed E-state index contributed by atoms with van der Waals surface area (Å²) in [6.07, 6.45) is 1.47. The summed E-state index contributed by atoms with van der Waals surface area (Å²) in [5.74, 6) is -0.646. The Labute approximate surface area is 142 Å². The topological polar surface area (TPSA) is 86.5 Å². The second-order valence-electron chi connectivity index (χ2n) is 6.65. The largest absolute Gasteiger partial charge is 0.481 e. The second kappa shape index (κ2) is 7.58. The van der Waals surface area contributed by atoms with Crippen molar-refractivity contribution in [1.29, 1.82) is 0 Å². The Balaban J connectivity index is 2.16. The molecule has 2 aromatic heterocycles. The number of rotatable bonds is 8. The van der Waals surface area contributed by atoms with Gasteiger partial charge in [0, 0.05) is 26.9 Å². The van der Waals surface area contributed by atoms with Crippen molar-refractivity contribution in [3.05, 3.63) is 30.0 Å². The molecule has 0 fully saturated rings. The fourth-order valence-corrected chi connectivity index (χ4v) is 2.79. The predicted molar refractivity (Wildman–Crippen MR) is 93.1 cm³/mol. The monoisotopic (exact) mass is 349 g/mol. The third kappa shape index (κ3) is 4.90. The van der Waals surface area contributed by atoms with E-state index in [4.69, 9.17) is 9.47 Å². The average molecular weight is 349 g/mol. The molecule has 2 aromatic rings. The van der Waals surface area contributed by atoms with E-state index in [0.717, 1.165) is 6.04 Å². The predicted octanol–water partition coefficient (Wildman–Crippen LogP) is 2.96. The molecule has 7 nitrogen and oxygen atoms in total. The molecule has 0 aliphatic heterocycles. The zero-order valence-electron chi connectivity index (χ0n) is 14.4. The molecule has 0 bridgehead atoms. The van der Waals surface area contributed by atoms with Crippen molar-refractivity contribution in [2.24, 2.45) is 0 Å². The van der Waals surface area contributed by atoms with Crippen LogP contribution >= 0.6 is 0 Å². The molecular weight excluding hydrogens is 326 g/mol. The normalized spacial score (nSPS) is 11.5. The average Bonchev–Trinajstić information content (AvgIpc) is 2.95. The molecule has 1 N–H and O–H groups in total. The van der Waals surface area contributed by atoms with Crippen LogP contribution in [0.25, 0.3) is 11.4 Å². The molecular formula is C16H23N3O4Si. The fraction of sp³-hybridized carbons (Fsp3) is 0.438. The molecule has 130 valence electrons. The molecule has 2 rings (SSSR count). The van der Waals surface area contributed by atoms with Gasteiger partial charge in [-0.15, -0.1) is 0 Å². The van der Waals surface area contributed by atoms with E-state index in [-0.39, 0.29) is 12.3 Å². The number of aromatic nitrogens is 3. The van der Waals surface area contributed by atoms with Gasteiger partial charge >= 0.3 is 5.97 Å². The minimum absolute atomic E-state index is 0.0875. The molecule has 0 unspecified atom stereocenters. The quantitative estimate of drug-likeness (QED) is 0.582. The van der Waals surface area contributed by atoms with E-state index < -0.39 is 14.0 Å². The molecule has 0 aliphatic rings. The highest BCUT2D eigenvalue weighted by Crippen LogP contribution is 2.22. The van der Waals surface area contributed by atoms with E-state index >= 15 is 0 Å². The number of pyridine rings is 1. The zero-order chi connectivity index (χ0) is 17.7. The second-order valence-corrected chi connectivity index (χ2v) is 12.3. The lowest BCUT2D eigenvalue weighted by molar-refractivity contribution is 0.0693. The van der Waals surface area contributed by atoms with Crippen molar-refractivity contribution < 1.29 is 19.4 Å². The Morgan fingerprint density at radius 1 is 1.33 bits per heavy atom. The van der Waals surface area contributed by atoms with Crippen LogP contribution in [0.2, 0.25) is 25.7 Å². The van der Waals surface area contributed by atoms with Gasteiger partial charge in [0.25, 0.3) is 0 Å². The van der Waals surface area contributed by atoms with Crippen LogP contribution in [-0.2, 0) is 11.5 Å². The molecule has 0 atom stereocenters. The highest BCUT2D eigenvalue weighted by atomic mass is 28.3. The van der Waals surface area contributed by atoms with Crippen LogP contribution in [0.15, 0.2) is 24.4 Å². The number of hydrogen-bond acceptors (Lipinski definition) is 5. The lowest BCUT2D eigenvalue weighted by Crippen LogP contribution is -2.22. The summed E-state index contributed by atoms with van der Waals surface area (Å²) in [5.41, 5.74) is 0.840. The molecule has 0 spiro atoms. The van der Waals surface area contributed by atoms with Crippen LogP contribution in [-0.4, -0.2) is 47.6 Å². The summed E-state index contributed by atoms with van der Waals surface area (Å²) in [5, 5.41) is 13.7. The molecule has 0 aromatic carbocycles. The van der Waals surface area contributed by atoms with Crippen LogP contribution in [0.5, 0.6) is 5.88 Å². The number of aromatic carboxylic acids is 1. The summed E-state index contributed by atoms with van der Waals surface area (Å²) in [7, 11) is 0.354. The highest BCUT2D eigenvalue weighted by molar-refractivity contribution is 6.76. The Bertz CT molecular complexity index is 710. The van der Waals surface area contributed by atoms with Crippen molar-refractivity contribution in [2.75, 3.05) is 13.7 Å². The fourth-order valence-electron chi connectivity index (χ4n) is 2.03. The first-order valence-corrected chi connectivity index (χ1v) is 11.4. The maximum atomic E-state index is 11.5. The number of carboxylic acids is 1. The van der Waals surface area contributed by atoms with Gasteiger partial charge in [0.15, 0.2) is 0 Å². The Morgan fingerprint density at radius 2 is 2.08 bits per heavy atom. The smallest absolute Gasteiger partial charge is 0.339 e. The number of carboxylic acid groups (broad SMARTS) is 1. The van der Waals surface area contributed by atoms with E-state index in [9.17, 15) is 9.90 Å². The van der Waals surface area contributed by atoms with E-state index in [1.807, 2.05) is 0 Å². The number of nitrogens with zero attached hydrogens (tertiary/aromatic N) is 3. The minimum atomic E-state index is -1.15. The van der Waals surface area contributed by atoms with Crippen molar-refractivity contribution in [3.8, 4) is 17.3 Å². The Kier molecular flexibility index (Phi) is 5.74. The Hall–Kier alpha value is -2.19. The first-order valence-electron chi connectivity index (χ1n) is 7.70.